The molecular formula is C32H35ClN6O6. The van der Waals surface area contributed by atoms with Crippen molar-refractivity contribution < 1.29 is 24.2 Å². The number of ether oxygens (including phenoxy) is 2. The summed E-state index contributed by atoms with van der Waals surface area (Å²) in [7, 11) is 0. The highest BCUT2D eigenvalue weighted by Crippen LogP contribution is 2.28. The third kappa shape index (κ3) is 6.81. The number of carbonyl (C=O) groups is 2. The van der Waals surface area contributed by atoms with E-state index in [1.165, 1.54) is 11.1 Å². The van der Waals surface area contributed by atoms with Crippen LogP contribution >= 0.6 is 11.6 Å². The number of para-hydroxylation sites is 2. The molecule has 6 rings (SSSR count). The Morgan fingerprint density at radius 3 is 2.60 bits per heavy atom. The Labute approximate surface area is 264 Å². The molecular weight excluding hydrogens is 600 g/mol. The molecule has 1 saturated heterocycles. The van der Waals surface area contributed by atoms with Gasteiger partial charge in [-0.2, -0.15) is 0 Å². The zero-order valence-corrected chi connectivity index (χ0v) is 25.7. The van der Waals surface area contributed by atoms with Crippen molar-refractivity contribution in [2.45, 2.75) is 51.3 Å². The van der Waals surface area contributed by atoms with Crippen LogP contribution in [0.25, 0.3) is 16.7 Å². The number of halogens is 1. The van der Waals surface area contributed by atoms with E-state index in [1.807, 2.05) is 28.8 Å². The molecule has 2 fully saturated rings. The molecule has 4 heterocycles. The molecule has 12 nitrogen and oxygen atoms in total. The number of carboxylic acid groups (broad SMARTS) is 1. The molecule has 0 spiro atoms. The normalized spacial score (nSPS) is 20.2. The molecule has 2 N–H and O–H groups in total. The Hall–Kier alpha value is -4.42. The van der Waals surface area contributed by atoms with Crippen molar-refractivity contribution in [3.8, 4) is 11.6 Å². The smallest absolute Gasteiger partial charge is 0.407 e. The highest BCUT2D eigenvalue weighted by molar-refractivity contribution is 6.30. The van der Waals surface area contributed by atoms with Crippen molar-refractivity contribution in [3.05, 3.63) is 81.6 Å². The van der Waals surface area contributed by atoms with Gasteiger partial charge in [-0.3, -0.25) is 18.9 Å². The first-order valence-corrected chi connectivity index (χ1v) is 15.5. The lowest BCUT2D eigenvalue weighted by Gasteiger charge is -2.30. The number of amides is 2. The molecule has 3 aromatic heterocycles. The van der Waals surface area contributed by atoms with Crippen molar-refractivity contribution >= 4 is 34.6 Å². The Balaban J connectivity index is 1.10. The third-order valence-electron chi connectivity index (χ3n) is 8.56. The highest BCUT2D eigenvalue weighted by atomic mass is 35.5. The maximum atomic E-state index is 13.8. The number of morpholine rings is 1. The van der Waals surface area contributed by atoms with E-state index in [-0.39, 0.29) is 42.8 Å². The number of nitrogens with zero attached hydrogens (tertiary/aromatic N) is 5. The number of aryl methyl sites for hydroxylation is 1. The van der Waals surface area contributed by atoms with Crippen LogP contribution in [0.2, 0.25) is 5.02 Å². The van der Waals surface area contributed by atoms with Gasteiger partial charge < -0.3 is 24.8 Å². The zero-order chi connectivity index (χ0) is 31.5. The second kappa shape index (κ2) is 13.3. The molecule has 4 aromatic rings. The average Bonchev–Trinajstić information content (AvgIpc) is 3.33. The van der Waals surface area contributed by atoms with Gasteiger partial charge in [0.2, 0.25) is 5.88 Å². The van der Waals surface area contributed by atoms with Gasteiger partial charge in [-0.05, 0) is 62.8 Å². The van der Waals surface area contributed by atoms with Gasteiger partial charge in [-0.1, -0.05) is 23.7 Å². The lowest BCUT2D eigenvalue weighted by Crippen LogP contribution is -2.47. The summed E-state index contributed by atoms with van der Waals surface area (Å²) < 4.78 is 14.9. The van der Waals surface area contributed by atoms with Gasteiger partial charge in [-0.15, -0.1) is 0 Å². The van der Waals surface area contributed by atoms with Gasteiger partial charge in [0.1, 0.15) is 12.7 Å². The number of carbonyl (C=O) groups excluding carboxylic acids is 1. The summed E-state index contributed by atoms with van der Waals surface area (Å²) in [5.41, 5.74) is 3.24. The van der Waals surface area contributed by atoms with Crippen LogP contribution in [0.15, 0.2) is 59.7 Å². The minimum atomic E-state index is -0.977. The number of rotatable bonds is 8. The maximum absolute atomic E-state index is 13.8. The van der Waals surface area contributed by atoms with E-state index in [0.29, 0.717) is 47.5 Å². The maximum Gasteiger partial charge on any atom is 0.407 e. The number of pyridine rings is 2. The number of hydrogen-bond donors (Lipinski definition) is 2. The summed E-state index contributed by atoms with van der Waals surface area (Å²) in [5, 5.41) is 12.8. The molecule has 0 bridgehead atoms. The fourth-order valence-electron chi connectivity index (χ4n) is 6.14. The molecule has 2 amide bonds. The first-order chi connectivity index (χ1) is 21.8. The van der Waals surface area contributed by atoms with E-state index < -0.39 is 6.09 Å². The molecule has 45 heavy (non-hydrogen) atoms. The van der Waals surface area contributed by atoms with Crippen LogP contribution in [0, 0.1) is 12.8 Å². The minimum Gasteiger partial charge on any atom is -0.475 e. The first kappa shape index (κ1) is 30.6. The summed E-state index contributed by atoms with van der Waals surface area (Å²) in [6, 6.07) is 12.9. The Bertz CT molecular complexity index is 1750. The monoisotopic (exact) mass is 634 g/mol. The second-order valence-corrected chi connectivity index (χ2v) is 12.0. The van der Waals surface area contributed by atoms with Crippen LogP contribution in [-0.2, 0) is 11.3 Å². The largest absolute Gasteiger partial charge is 0.475 e. The average molecular weight is 635 g/mol. The van der Waals surface area contributed by atoms with Gasteiger partial charge in [0.25, 0.3) is 5.91 Å². The molecule has 1 aliphatic heterocycles. The SMILES string of the molecule is Cc1ncc(Cl)cc1C(=O)NC1CCC(Cn2c(=O)n(-c3ccc(OCC4CN(C(=O)O)CCO4)nc3)c3ccccc32)CC1. The predicted octanol–water partition coefficient (Wildman–Crippen LogP) is 4.29. The van der Waals surface area contributed by atoms with E-state index in [0.717, 1.165) is 36.7 Å². The van der Waals surface area contributed by atoms with E-state index in [9.17, 15) is 19.5 Å². The molecule has 1 aromatic carbocycles. The van der Waals surface area contributed by atoms with Crippen molar-refractivity contribution in [2.75, 3.05) is 26.3 Å². The molecule has 236 valence electrons. The molecule has 1 atom stereocenters. The van der Waals surface area contributed by atoms with Gasteiger partial charge in [0.05, 0.1) is 52.3 Å². The molecule has 0 radical (unpaired) electrons. The predicted molar refractivity (Wildman–Crippen MR) is 167 cm³/mol. The Morgan fingerprint density at radius 2 is 1.87 bits per heavy atom. The number of benzene rings is 1. The van der Waals surface area contributed by atoms with Crippen LogP contribution in [-0.4, -0.2) is 79.6 Å². The topological polar surface area (TPSA) is 141 Å². The molecule has 1 saturated carbocycles. The third-order valence-corrected chi connectivity index (χ3v) is 8.77. The Morgan fingerprint density at radius 1 is 1.09 bits per heavy atom. The fraction of sp³-hybridized carbons (Fsp3) is 0.406. The van der Waals surface area contributed by atoms with Crippen LogP contribution < -0.4 is 15.7 Å². The molecule has 13 heteroatoms. The summed E-state index contributed by atoms with van der Waals surface area (Å²) in [6.45, 7) is 3.42. The van der Waals surface area contributed by atoms with Gasteiger partial charge in [0, 0.05) is 31.4 Å². The van der Waals surface area contributed by atoms with Crippen LogP contribution in [0.5, 0.6) is 5.88 Å². The van der Waals surface area contributed by atoms with E-state index in [1.54, 1.807) is 35.9 Å². The summed E-state index contributed by atoms with van der Waals surface area (Å²) in [4.78, 5) is 47.8. The molecule has 1 aliphatic carbocycles. The highest BCUT2D eigenvalue weighted by Gasteiger charge is 2.27. The molecule has 1 unspecified atom stereocenters. The van der Waals surface area contributed by atoms with Gasteiger partial charge in [-0.25, -0.2) is 14.6 Å². The van der Waals surface area contributed by atoms with Crippen LogP contribution in [0.3, 0.4) is 0 Å². The quantitative estimate of drug-likeness (QED) is 0.293. The lowest BCUT2D eigenvalue weighted by atomic mass is 9.85. The van der Waals surface area contributed by atoms with Gasteiger partial charge in [0.15, 0.2) is 0 Å². The van der Waals surface area contributed by atoms with E-state index in [2.05, 4.69) is 15.3 Å². The summed E-state index contributed by atoms with van der Waals surface area (Å²) >= 11 is 6.05. The van der Waals surface area contributed by atoms with Crippen molar-refractivity contribution in [2.24, 2.45) is 5.92 Å². The number of aromatic nitrogens is 4. The lowest BCUT2D eigenvalue weighted by molar-refractivity contribution is -0.0418. The standard InChI is InChI=1S/C32H35ClN6O6/c1-20-26(14-22(33)15-34-20)30(40)36-23-8-6-21(7-9-23)17-38-27-4-2-3-5-28(27)39(31(38)41)24-10-11-29(35-16-24)45-19-25-18-37(32(42)43)12-13-44-25/h2-5,10-11,14-16,21,23,25H,6-9,12-13,17-19H2,1H3,(H,36,40)(H,42,43). The summed E-state index contributed by atoms with van der Waals surface area (Å²) in [6.07, 6.45) is 5.18. The number of hydrogen-bond acceptors (Lipinski definition) is 7. The fourth-order valence-corrected chi connectivity index (χ4v) is 6.30. The summed E-state index contributed by atoms with van der Waals surface area (Å²) in [5.74, 6) is 0.484. The van der Waals surface area contributed by atoms with Crippen molar-refractivity contribution in [3.63, 3.8) is 0 Å². The van der Waals surface area contributed by atoms with Crippen molar-refractivity contribution in [1.82, 2.24) is 29.3 Å². The van der Waals surface area contributed by atoms with Gasteiger partial charge >= 0.3 is 11.8 Å². The van der Waals surface area contributed by atoms with Crippen LogP contribution in [0.1, 0.15) is 41.7 Å². The zero-order valence-electron chi connectivity index (χ0n) is 24.9. The van der Waals surface area contributed by atoms with Crippen molar-refractivity contribution in [1.29, 1.82) is 0 Å². The second-order valence-electron chi connectivity index (χ2n) is 11.6. The number of nitrogens with one attached hydrogen (secondary N) is 1. The molecule has 2 aliphatic rings. The van der Waals surface area contributed by atoms with E-state index >= 15 is 0 Å². The van der Waals surface area contributed by atoms with E-state index in [4.69, 9.17) is 21.1 Å². The first-order valence-electron chi connectivity index (χ1n) is 15.1. The number of imidazole rings is 1. The minimum absolute atomic E-state index is 0.0535. The Kier molecular flexibility index (Phi) is 9.04. The van der Waals surface area contributed by atoms with Crippen LogP contribution in [0.4, 0.5) is 4.79 Å². The number of fused-ring (bicyclic) bond motifs is 1.